The average Bonchev–Trinajstić information content (AvgIpc) is 2.19. The van der Waals surface area contributed by atoms with E-state index in [2.05, 4.69) is 4.98 Å². The van der Waals surface area contributed by atoms with Gasteiger partial charge in [-0.15, -0.1) is 0 Å². The lowest BCUT2D eigenvalue weighted by molar-refractivity contribution is -0.672. The molecule has 0 saturated carbocycles. The molecule has 5 heteroatoms. The van der Waals surface area contributed by atoms with Crippen LogP contribution in [0.1, 0.15) is 18.3 Å². The standard InChI is InChI=1S/C9H11ClN2O2/c1-6-4-5-8(13)9(11-6)7(2)12(10)14-3/h4-5H,1-3H3/p+1. The van der Waals surface area contributed by atoms with Crippen molar-refractivity contribution in [2.45, 2.75) is 13.8 Å². The first-order chi connectivity index (χ1) is 6.56. The monoisotopic (exact) mass is 215 g/mol. The number of halogens is 1. The number of rotatable bonds is 2. The highest BCUT2D eigenvalue weighted by molar-refractivity contribution is 6.10. The Labute approximate surface area is 87.5 Å². The van der Waals surface area contributed by atoms with Crippen molar-refractivity contribution in [2.24, 2.45) is 0 Å². The van der Waals surface area contributed by atoms with Crippen LogP contribution in [0.4, 0.5) is 0 Å². The molecule has 0 spiro atoms. The van der Waals surface area contributed by atoms with Crippen LogP contribution in [0.5, 0.6) is 5.75 Å². The molecule has 1 aromatic rings. The molecule has 0 bridgehead atoms. The fourth-order valence-corrected chi connectivity index (χ4v) is 1.12. The highest BCUT2D eigenvalue weighted by Gasteiger charge is 2.18. The Balaban J connectivity index is 3.25. The van der Waals surface area contributed by atoms with Crippen LogP contribution < -0.4 is 0 Å². The van der Waals surface area contributed by atoms with Crippen LogP contribution in [0.3, 0.4) is 0 Å². The molecule has 0 aliphatic rings. The number of pyridine rings is 1. The number of nitrogens with zero attached hydrogens (tertiary/aromatic N) is 2. The van der Waals surface area contributed by atoms with Crippen LogP contribution >= 0.6 is 11.8 Å². The first-order valence-electron chi connectivity index (χ1n) is 4.06. The zero-order chi connectivity index (χ0) is 10.7. The molecule has 1 rings (SSSR count). The summed E-state index contributed by atoms with van der Waals surface area (Å²) in [6.07, 6.45) is 0. The molecule has 1 aromatic heterocycles. The van der Waals surface area contributed by atoms with Gasteiger partial charge in [0.25, 0.3) is 5.71 Å². The second-order valence-electron chi connectivity index (χ2n) is 2.83. The predicted octanol–water partition coefficient (Wildman–Crippen LogP) is 1.63. The topological polar surface area (TPSA) is 45.4 Å². The lowest BCUT2D eigenvalue weighted by Gasteiger charge is -2.00. The molecule has 0 radical (unpaired) electrons. The van der Waals surface area contributed by atoms with Gasteiger partial charge < -0.3 is 5.11 Å². The summed E-state index contributed by atoms with van der Waals surface area (Å²) in [6, 6.07) is 3.29. The number of hydrogen-bond acceptors (Lipinski definition) is 3. The van der Waals surface area contributed by atoms with E-state index < -0.39 is 0 Å². The fraction of sp³-hybridized carbons (Fsp3) is 0.333. The van der Waals surface area contributed by atoms with Gasteiger partial charge in [-0.2, -0.15) is 0 Å². The van der Waals surface area contributed by atoms with E-state index in [1.54, 1.807) is 19.1 Å². The molecule has 1 N–H and O–H groups in total. The Morgan fingerprint density at radius 1 is 1.57 bits per heavy atom. The maximum Gasteiger partial charge on any atom is 0.319 e. The van der Waals surface area contributed by atoms with Crippen LogP contribution in [-0.2, 0) is 4.84 Å². The van der Waals surface area contributed by atoms with Crippen LogP contribution in [0.25, 0.3) is 0 Å². The molecule has 0 unspecified atom stereocenters. The summed E-state index contributed by atoms with van der Waals surface area (Å²) in [5.74, 6) is 0.0794. The number of aromatic nitrogens is 1. The molecular weight excluding hydrogens is 204 g/mol. The lowest BCUT2D eigenvalue weighted by Crippen LogP contribution is -2.12. The zero-order valence-corrected chi connectivity index (χ0v) is 9.04. The van der Waals surface area contributed by atoms with Crippen LogP contribution in [0, 0.1) is 6.92 Å². The summed E-state index contributed by atoms with van der Waals surface area (Å²) in [7, 11) is 1.43. The molecule has 14 heavy (non-hydrogen) atoms. The van der Waals surface area contributed by atoms with Crippen LogP contribution in [0.15, 0.2) is 12.1 Å². The Morgan fingerprint density at radius 2 is 2.21 bits per heavy atom. The van der Waals surface area contributed by atoms with Gasteiger partial charge in [-0.3, -0.25) is 4.84 Å². The molecule has 0 saturated heterocycles. The maximum absolute atomic E-state index is 9.53. The molecule has 0 aromatic carbocycles. The first kappa shape index (κ1) is 10.8. The minimum Gasteiger partial charge on any atom is -0.505 e. The van der Waals surface area contributed by atoms with Crippen LogP contribution in [0.2, 0.25) is 0 Å². The molecule has 0 amide bonds. The normalized spacial score (nSPS) is 12.3. The van der Waals surface area contributed by atoms with Crippen molar-refractivity contribution in [1.82, 2.24) is 4.98 Å². The summed E-state index contributed by atoms with van der Waals surface area (Å²) in [5.41, 5.74) is 1.76. The van der Waals surface area contributed by atoms with Crippen molar-refractivity contribution in [1.29, 1.82) is 0 Å². The quantitative estimate of drug-likeness (QED) is 0.463. The van der Waals surface area contributed by atoms with E-state index in [0.29, 0.717) is 11.4 Å². The minimum atomic E-state index is 0.0794. The number of hydrogen-bond donors (Lipinski definition) is 1. The Morgan fingerprint density at radius 3 is 2.79 bits per heavy atom. The number of aromatic hydroxyl groups is 1. The highest BCUT2D eigenvalue weighted by Crippen LogP contribution is 2.15. The molecule has 0 aliphatic heterocycles. The van der Waals surface area contributed by atoms with Gasteiger partial charge in [0.2, 0.25) is 0 Å². The minimum absolute atomic E-state index is 0.0794. The van der Waals surface area contributed by atoms with Gasteiger partial charge in [0.15, 0.2) is 12.8 Å². The van der Waals surface area contributed by atoms with Crippen LogP contribution in [-0.4, -0.2) is 27.2 Å². The van der Waals surface area contributed by atoms with E-state index in [-0.39, 0.29) is 5.75 Å². The molecule has 1 heterocycles. The van der Waals surface area contributed by atoms with E-state index in [1.165, 1.54) is 7.11 Å². The van der Waals surface area contributed by atoms with Gasteiger partial charge in [0.05, 0.1) is 4.26 Å². The second-order valence-corrected chi connectivity index (χ2v) is 3.14. The van der Waals surface area contributed by atoms with Gasteiger partial charge in [-0.25, -0.2) is 4.98 Å². The molecule has 0 atom stereocenters. The van der Waals surface area contributed by atoms with Crippen molar-refractivity contribution < 1.29 is 14.2 Å². The first-order valence-corrected chi connectivity index (χ1v) is 4.40. The molecule has 76 valence electrons. The highest BCUT2D eigenvalue weighted by atomic mass is 35.5. The van der Waals surface area contributed by atoms with Gasteiger partial charge >= 0.3 is 11.8 Å². The van der Waals surface area contributed by atoms with Crippen molar-refractivity contribution in [2.75, 3.05) is 7.11 Å². The van der Waals surface area contributed by atoms with Crippen molar-refractivity contribution in [3.8, 4) is 5.75 Å². The van der Waals surface area contributed by atoms with E-state index in [4.69, 9.17) is 16.6 Å². The summed E-state index contributed by atoms with van der Waals surface area (Å²) >= 11 is 5.70. The third-order valence-electron chi connectivity index (χ3n) is 1.78. The SMILES string of the molecule is CO[N+](Cl)=C(C)c1nc(C)ccc1O. The van der Waals surface area contributed by atoms with Gasteiger partial charge in [0, 0.05) is 12.6 Å². The van der Waals surface area contributed by atoms with Gasteiger partial charge in [-0.1, -0.05) is 0 Å². The van der Waals surface area contributed by atoms with E-state index in [1.807, 2.05) is 6.92 Å². The van der Waals surface area contributed by atoms with E-state index >= 15 is 0 Å². The third-order valence-corrected chi connectivity index (χ3v) is 2.17. The zero-order valence-electron chi connectivity index (χ0n) is 8.28. The smallest absolute Gasteiger partial charge is 0.319 e. The number of aryl methyl sites for hydroxylation is 1. The summed E-state index contributed by atoms with van der Waals surface area (Å²) in [5, 5.41) is 9.53. The average molecular weight is 216 g/mol. The summed E-state index contributed by atoms with van der Waals surface area (Å²) in [4.78, 5) is 8.92. The Hall–Kier alpha value is -1.29. The predicted molar refractivity (Wildman–Crippen MR) is 53.5 cm³/mol. The maximum atomic E-state index is 9.53. The molecule has 4 nitrogen and oxygen atoms in total. The van der Waals surface area contributed by atoms with E-state index in [0.717, 1.165) is 9.95 Å². The fourth-order valence-electron chi connectivity index (χ4n) is 1.04. The summed E-state index contributed by atoms with van der Waals surface area (Å²) in [6.45, 7) is 3.54. The second kappa shape index (κ2) is 4.28. The lowest BCUT2D eigenvalue weighted by atomic mass is 10.2. The van der Waals surface area contributed by atoms with Crippen molar-refractivity contribution in [3.63, 3.8) is 0 Å². The molecule has 0 fully saturated rings. The van der Waals surface area contributed by atoms with Crippen molar-refractivity contribution >= 4 is 17.5 Å². The molecule has 0 aliphatic carbocycles. The molecular formula is C9H12ClN2O2+. The Kier molecular flexibility index (Phi) is 3.30. The van der Waals surface area contributed by atoms with Gasteiger partial charge in [-0.05, 0) is 19.1 Å². The van der Waals surface area contributed by atoms with Gasteiger partial charge in [0.1, 0.15) is 5.75 Å². The third kappa shape index (κ3) is 2.14. The largest absolute Gasteiger partial charge is 0.505 e. The Bertz CT molecular complexity index is 377. The van der Waals surface area contributed by atoms with Crippen molar-refractivity contribution in [3.05, 3.63) is 23.5 Å². The van der Waals surface area contributed by atoms with E-state index in [9.17, 15) is 5.11 Å². The summed E-state index contributed by atoms with van der Waals surface area (Å²) < 4.78 is 1.03.